The van der Waals surface area contributed by atoms with E-state index in [0.29, 0.717) is 23.6 Å². The van der Waals surface area contributed by atoms with Gasteiger partial charge in [0.1, 0.15) is 0 Å². The molecule has 1 rings (SSSR count). The van der Waals surface area contributed by atoms with Gasteiger partial charge in [-0.3, -0.25) is 4.79 Å². The molecule has 1 aromatic carbocycles. The molecule has 0 aliphatic carbocycles. The molecule has 0 radical (unpaired) electrons. The minimum atomic E-state index is -0.893. The number of rotatable bonds is 7. The molecule has 0 bridgehead atoms. The zero-order valence-corrected chi connectivity index (χ0v) is 13.2. The van der Waals surface area contributed by atoms with Crippen molar-refractivity contribution >= 4 is 17.7 Å². The predicted molar refractivity (Wildman–Crippen MR) is 82.6 cm³/mol. The van der Waals surface area contributed by atoms with E-state index >= 15 is 0 Å². The summed E-state index contributed by atoms with van der Waals surface area (Å²) in [5, 5.41) is 14.1. The van der Waals surface area contributed by atoms with Crippen LogP contribution in [0.2, 0.25) is 0 Å². The first-order valence-corrected chi connectivity index (χ1v) is 6.80. The molecule has 0 fully saturated rings. The van der Waals surface area contributed by atoms with Crippen LogP contribution in [0, 0.1) is 0 Å². The first-order valence-electron chi connectivity index (χ1n) is 6.80. The van der Waals surface area contributed by atoms with Crippen molar-refractivity contribution in [3.63, 3.8) is 0 Å². The fourth-order valence-electron chi connectivity index (χ4n) is 1.87. The molecule has 0 aliphatic heterocycles. The first kappa shape index (κ1) is 17.6. The Morgan fingerprint density at radius 3 is 2.36 bits per heavy atom. The molecular weight excluding hydrogens is 288 g/mol. The molecule has 0 saturated carbocycles. The van der Waals surface area contributed by atoms with Crippen LogP contribution >= 0.6 is 0 Å². The number of nitrogens with one attached hydrogen (secondary N) is 2. The maximum absolute atomic E-state index is 12.0. The molecule has 2 amide bonds. The van der Waals surface area contributed by atoms with Crippen LogP contribution in [0.15, 0.2) is 18.2 Å². The van der Waals surface area contributed by atoms with Gasteiger partial charge in [0.15, 0.2) is 11.5 Å². The minimum Gasteiger partial charge on any atom is -0.493 e. The normalized spacial score (nSPS) is 10.7. The standard InChI is InChI=1S/C15H22N2O5/c1-15(2,8-7-13(18)19)17-14(20)16-10-5-6-11(21-3)12(9-10)22-4/h5-6,9H,7-8H2,1-4H3,(H,18,19)(H2,16,17,20). The molecule has 7 nitrogen and oxygen atoms in total. The average molecular weight is 310 g/mol. The molecule has 1 aromatic rings. The highest BCUT2D eigenvalue weighted by molar-refractivity contribution is 5.90. The van der Waals surface area contributed by atoms with Gasteiger partial charge in [0.25, 0.3) is 0 Å². The molecule has 0 heterocycles. The number of carbonyl (C=O) groups excluding carboxylic acids is 1. The smallest absolute Gasteiger partial charge is 0.319 e. The van der Waals surface area contributed by atoms with Gasteiger partial charge in [-0.2, -0.15) is 0 Å². The van der Waals surface area contributed by atoms with E-state index < -0.39 is 17.5 Å². The molecule has 122 valence electrons. The van der Waals surface area contributed by atoms with Gasteiger partial charge >= 0.3 is 12.0 Å². The zero-order valence-electron chi connectivity index (χ0n) is 13.2. The van der Waals surface area contributed by atoms with Crippen LogP contribution < -0.4 is 20.1 Å². The zero-order chi connectivity index (χ0) is 16.8. The van der Waals surface area contributed by atoms with E-state index in [0.717, 1.165) is 0 Å². The minimum absolute atomic E-state index is 0.0103. The lowest BCUT2D eigenvalue weighted by Crippen LogP contribution is -2.45. The highest BCUT2D eigenvalue weighted by Gasteiger charge is 2.21. The number of carbonyl (C=O) groups is 2. The van der Waals surface area contributed by atoms with E-state index in [9.17, 15) is 9.59 Å². The van der Waals surface area contributed by atoms with Gasteiger partial charge in [0.2, 0.25) is 0 Å². The molecule has 0 unspecified atom stereocenters. The van der Waals surface area contributed by atoms with Crippen LogP contribution in [0.5, 0.6) is 11.5 Å². The Labute approximate surface area is 129 Å². The Morgan fingerprint density at radius 2 is 1.82 bits per heavy atom. The maximum atomic E-state index is 12.0. The number of aliphatic carboxylic acids is 1. The Bertz CT molecular complexity index is 543. The van der Waals surface area contributed by atoms with E-state index in [4.69, 9.17) is 14.6 Å². The van der Waals surface area contributed by atoms with E-state index in [-0.39, 0.29) is 6.42 Å². The van der Waals surface area contributed by atoms with Crippen LogP contribution in [0.3, 0.4) is 0 Å². The van der Waals surface area contributed by atoms with Crippen LogP contribution in [-0.4, -0.2) is 36.9 Å². The summed E-state index contributed by atoms with van der Waals surface area (Å²) in [6.07, 6.45) is 0.325. The summed E-state index contributed by atoms with van der Waals surface area (Å²) in [5.41, 5.74) is -0.0804. The summed E-state index contributed by atoms with van der Waals surface area (Å²) in [6, 6.07) is 4.60. The van der Waals surface area contributed by atoms with Crippen LogP contribution in [0.25, 0.3) is 0 Å². The number of carboxylic acid groups (broad SMARTS) is 1. The number of methoxy groups -OCH3 is 2. The van der Waals surface area contributed by atoms with E-state index in [1.807, 2.05) is 0 Å². The van der Waals surface area contributed by atoms with Gasteiger partial charge in [-0.05, 0) is 32.4 Å². The van der Waals surface area contributed by atoms with Crippen molar-refractivity contribution in [2.45, 2.75) is 32.2 Å². The Hall–Kier alpha value is -2.44. The molecular formula is C15H22N2O5. The number of benzene rings is 1. The van der Waals surface area contributed by atoms with E-state index in [2.05, 4.69) is 10.6 Å². The van der Waals surface area contributed by atoms with E-state index in [1.54, 1.807) is 32.0 Å². The second kappa shape index (κ2) is 7.53. The second-order valence-electron chi connectivity index (χ2n) is 5.43. The number of hydrogen-bond acceptors (Lipinski definition) is 4. The fourth-order valence-corrected chi connectivity index (χ4v) is 1.87. The molecule has 0 spiro atoms. The lowest BCUT2D eigenvalue weighted by Gasteiger charge is -2.25. The van der Waals surface area contributed by atoms with Gasteiger partial charge in [-0.15, -0.1) is 0 Å². The molecule has 0 aliphatic rings. The highest BCUT2D eigenvalue weighted by Crippen LogP contribution is 2.29. The number of amides is 2. The van der Waals surface area contributed by atoms with Gasteiger partial charge in [-0.1, -0.05) is 0 Å². The monoisotopic (exact) mass is 310 g/mol. The van der Waals surface area contributed by atoms with Crippen molar-refractivity contribution in [3.8, 4) is 11.5 Å². The summed E-state index contributed by atoms with van der Waals surface area (Å²) in [7, 11) is 3.04. The second-order valence-corrected chi connectivity index (χ2v) is 5.43. The van der Waals surface area contributed by atoms with Crippen molar-refractivity contribution < 1.29 is 24.2 Å². The third-order valence-electron chi connectivity index (χ3n) is 3.06. The first-order chi connectivity index (χ1) is 10.3. The summed E-state index contributed by atoms with van der Waals surface area (Å²) in [4.78, 5) is 22.6. The number of ether oxygens (including phenoxy) is 2. The van der Waals surface area contributed by atoms with Crippen molar-refractivity contribution in [1.29, 1.82) is 0 Å². The third-order valence-corrected chi connectivity index (χ3v) is 3.06. The average Bonchev–Trinajstić information content (AvgIpc) is 2.44. The van der Waals surface area contributed by atoms with Crippen molar-refractivity contribution in [3.05, 3.63) is 18.2 Å². The van der Waals surface area contributed by atoms with Crippen molar-refractivity contribution in [2.24, 2.45) is 0 Å². The van der Waals surface area contributed by atoms with Crippen LogP contribution in [0.1, 0.15) is 26.7 Å². The molecule has 0 aromatic heterocycles. The Balaban J connectivity index is 2.66. The van der Waals surface area contributed by atoms with Crippen molar-refractivity contribution in [1.82, 2.24) is 5.32 Å². The number of hydrogen-bond donors (Lipinski definition) is 3. The molecule has 0 saturated heterocycles. The molecule has 0 atom stereocenters. The van der Waals surface area contributed by atoms with E-state index in [1.165, 1.54) is 14.2 Å². The summed E-state index contributed by atoms with van der Waals surface area (Å²) >= 11 is 0. The summed E-state index contributed by atoms with van der Waals surface area (Å²) in [6.45, 7) is 3.54. The number of urea groups is 1. The van der Waals surface area contributed by atoms with Crippen LogP contribution in [0.4, 0.5) is 10.5 Å². The quantitative estimate of drug-likeness (QED) is 0.719. The predicted octanol–water partition coefficient (Wildman–Crippen LogP) is 2.47. The Morgan fingerprint density at radius 1 is 1.18 bits per heavy atom. The Kier molecular flexibility index (Phi) is 6.03. The fraction of sp³-hybridized carbons (Fsp3) is 0.467. The highest BCUT2D eigenvalue weighted by atomic mass is 16.5. The third kappa shape index (κ3) is 5.51. The topological polar surface area (TPSA) is 96.9 Å². The summed E-state index contributed by atoms with van der Waals surface area (Å²) < 4.78 is 10.3. The van der Waals surface area contributed by atoms with Crippen LogP contribution in [-0.2, 0) is 4.79 Å². The van der Waals surface area contributed by atoms with Crippen molar-refractivity contribution in [2.75, 3.05) is 19.5 Å². The molecule has 22 heavy (non-hydrogen) atoms. The SMILES string of the molecule is COc1ccc(NC(=O)NC(C)(C)CCC(=O)O)cc1OC. The van der Waals surface area contributed by atoms with Gasteiger partial charge < -0.3 is 25.2 Å². The largest absolute Gasteiger partial charge is 0.493 e. The summed E-state index contributed by atoms with van der Waals surface area (Å²) in [5.74, 6) is 0.177. The number of carboxylic acids is 1. The lowest BCUT2D eigenvalue weighted by atomic mass is 9.99. The van der Waals surface area contributed by atoms with Gasteiger partial charge in [0, 0.05) is 23.7 Å². The van der Waals surface area contributed by atoms with Gasteiger partial charge in [0.05, 0.1) is 14.2 Å². The lowest BCUT2D eigenvalue weighted by molar-refractivity contribution is -0.137. The maximum Gasteiger partial charge on any atom is 0.319 e. The number of anilines is 1. The molecule has 7 heteroatoms. The van der Waals surface area contributed by atoms with Gasteiger partial charge in [-0.25, -0.2) is 4.79 Å². The molecule has 3 N–H and O–H groups in total.